The molecule has 2 aromatic rings. The molecule has 0 atom stereocenters. The van der Waals surface area contributed by atoms with Gasteiger partial charge in [-0.1, -0.05) is 12.1 Å². The van der Waals surface area contributed by atoms with E-state index >= 15 is 0 Å². The molecular weight excluding hydrogens is 324 g/mol. The van der Waals surface area contributed by atoms with Crippen LogP contribution in [0.4, 0.5) is 0 Å². The van der Waals surface area contributed by atoms with Crippen LogP contribution in [-0.2, 0) is 16.1 Å². The number of nitrogens with zero attached hydrogens (tertiary/aromatic N) is 2. The molecule has 1 aliphatic rings. The molecule has 0 saturated carbocycles. The normalized spacial score (nSPS) is 11.9. The van der Waals surface area contributed by atoms with Crippen molar-refractivity contribution in [3.8, 4) is 11.5 Å². The molecular formula is C18H18N2O5. The quantitative estimate of drug-likeness (QED) is 0.748. The number of amides is 1. The third kappa shape index (κ3) is 4.06. The minimum Gasteiger partial charge on any atom is -0.454 e. The Kier molecular flexibility index (Phi) is 5.13. The number of carbonyl (C=O) groups excluding carboxylic acids is 2. The summed E-state index contributed by atoms with van der Waals surface area (Å²) in [6.45, 7) is 2.64. The van der Waals surface area contributed by atoms with Gasteiger partial charge in [-0.25, -0.2) is 9.78 Å². The van der Waals surface area contributed by atoms with E-state index in [9.17, 15) is 9.59 Å². The van der Waals surface area contributed by atoms with E-state index in [1.54, 1.807) is 17.0 Å². The van der Waals surface area contributed by atoms with E-state index in [1.807, 2.05) is 25.1 Å². The number of pyridine rings is 1. The molecule has 3 rings (SSSR count). The minimum atomic E-state index is -0.618. The summed E-state index contributed by atoms with van der Waals surface area (Å²) in [4.78, 5) is 29.7. The third-order valence-electron chi connectivity index (χ3n) is 3.75. The van der Waals surface area contributed by atoms with E-state index in [-0.39, 0.29) is 25.0 Å². The summed E-state index contributed by atoms with van der Waals surface area (Å²) in [6, 6.07) is 10.5. The Morgan fingerprint density at radius 3 is 2.80 bits per heavy atom. The van der Waals surface area contributed by atoms with Gasteiger partial charge in [-0.3, -0.25) is 4.79 Å². The van der Waals surface area contributed by atoms with Gasteiger partial charge in [0.05, 0.1) is 0 Å². The van der Waals surface area contributed by atoms with Crippen LogP contribution >= 0.6 is 0 Å². The predicted octanol–water partition coefficient (Wildman–Crippen LogP) is 2.02. The maximum absolute atomic E-state index is 12.3. The molecule has 0 unspecified atom stereocenters. The highest BCUT2D eigenvalue weighted by atomic mass is 16.7. The Bertz CT molecular complexity index is 763. The molecule has 1 aromatic heterocycles. The summed E-state index contributed by atoms with van der Waals surface area (Å²) >= 11 is 0. The van der Waals surface area contributed by atoms with Gasteiger partial charge in [0.2, 0.25) is 6.79 Å². The molecule has 25 heavy (non-hydrogen) atoms. The van der Waals surface area contributed by atoms with Crippen LogP contribution in [0.15, 0.2) is 42.6 Å². The molecule has 0 N–H and O–H groups in total. The maximum atomic E-state index is 12.3. The summed E-state index contributed by atoms with van der Waals surface area (Å²) < 4.78 is 15.7. The molecule has 2 heterocycles. The van der Waals surface area contributed by atoms with Gasteiger partial charge in [0.25, 0.3) is 5.91 Å². The van der Waals surface area contributed by atoms with Gasteiger partial charge in [-0.15, -0.1) is 0 Å². The highest BCUT2D eigenvalue weighted by Crippen LogP contribution is 2.32. The first kappa shape index (κ1) is 16.8. The lowest BCUT2D eigenvalue weighted by Gasteiger charge is -2.21. The van der Waals surface area contributed by atoms with Crippen LogP contribution in [0.5, 0.6) is 11.5 Å². The molecule has 0 fully saturated rings. The summed E-state index contributed by atoms with van der Waals surface area (Å²) in [5.41, 5.74) is 1.09. The predicted molar refractivity (Wildman–Crippen MR) is 88.2 cm³/mol. The first-order valence-electron chi connectivity index (χ1n) is 7.92. The van der Waals surface area contributed by atoms with Crippen molar-refractivity contribution in [2.75, 3.05) is 19.9 Å². The Morgan fingerprint density at radius 1 is 1.20 bits per heavy atom. The first-order valence-corrected chi connectivity index (χ1v) is 7.92. The van der Waals surface area contributed by atoms with E-state index in [1.165, 1.54) is 12.3 Å². The molecule has 130 valence electrons. The summed E-state index contributed by atoms with van der Waals surface area (Å²) in [6.07, 6.45) is 1.50. The standard InChI is InChI=1S/C18H18N2O5/c1-2-20(10-13-6-7-15-16(9-13)25-12-24-15)17(21)11-23-18(22)14-5-3-4-8-19-14/h3-9H,2,10-12H2,1H3. The average Bonchev–Trinajstić information content (AvgIpc) is 3.12. The van der Waals surface area contributed by atoms with Crippen molar-refractivity contribution in [1.29, 1.82) is 0 Å². The number of hydrogen-bond acceptors (Lipinski definition) is 6. The third-order valence-corrected chi connectivity index (χ3v) is 3.75. The van der Waals surface area contributed by atoms with E-state index in [2.05, 4.69) is 4.98 Å². The minimum absolute atomic E-state index is 0.175. The monoisotopic (exact) mass is 342 g/mol. The van der Waals surface area contributed by atoms with Gasteiger partial charge in [0.1, 0.15) is 5.69 Å². The van der Waals surface area contributed by atoms with Gasteiger partial charge in [0.15, 0.2) is 18.1 Å². The van der Waals surface area contributed by atoms with Gasteiger partial charge in [0, 0.05) is 19.3 Å². The maximum Gasteiger partial charge on any atom is 0.357 e. The number of likely N-dealkylation sites (N-methyl/N-ethyl adjacent to an activating group) is 1. The largest absolute Gasteiger partial charge is 0.454 e. The van der Waals surface area contributed by atoms with Gasteiger partial charge in [-0.05, 0) is 36.8 Å². The second kappa shape index (κ2) is 7.65. The van der Waals surface area contributed by atoms with Crippen LogP contribution in [0.2, 0.25) is 0 Å². The number of rotatable bonds is 6. The van der Waals surface area contributed by atoms with Crippen molar-refractivity contribution in [1.82, 2.24) is 9.88 Å². The van der Waals surface area contributed by atoms with Crippen molar-refractivity contribution in [3.63, 3.8) is 0 Å². The van der Waals surface area contributed by atoms with Crippen molar-refractivity contribution in [2.24, 2.45) is 0 Å². The van der Waals surface area contributed by atoms with Crippen LogP contribution in [0.1, 0.15) is 23.0 Å². The number of fused-ring (bicyclic) bond motifs is 1. The van der Waals surface area contributed by atoms with Gasteiger partial charge >= 0.3 is 5.97 Å². The summed E-state index contributed by atoms with van der Waals surface area (Å²) in [5, 5.41) is 0. The highest BCUT2D eigenvalue weighted by Gasteiger charge is 2.18. The Labute approximate surface area is 145 Å². The fourth-order valence-electron chi connectivity index (χ4n) is 2.41. The lowest BCUT2D eigenvalue weighted by molar-refractivity contribution is -0.134. The van der Waals surface area contributed by atoms with Crippen LogP contribution < -0.4 is 9.47 Å². The highest BCUT2D eigenvalue weighted by molar-refractivity contribution is 5.89. The Balaban J connectivity index is 1.57. The Hall–Kier alpha value is -3.09. The zero-order valence-corrected chi connectivity index (χ0v) is 13.8. The number of aromatic nitrogens is 1. The lowest BCUT2D eigenvalue weighted by Crippen LogP contribution is -2.34. The zero-order chi connectivity index (χ0) is 17.6. The number of benzene rings is 1. The van der Waals surface area contributed by atoms with Crippen LogP contribution in [-0.4, -0.2) is 41.7 Å². The van der Waals surface area contributed by atoms with Gasteiger partial charge < -0.3 is 19.1 Å². The molecule has 7 heteroatoms. The second-order valence-corrected chi connectivity index (χ2v) is 5.39. The van der Waals surface area contributed by atoms with E-state index < -0.39 is 5.97 Å². The molecule has 1 aromatic carbocycles. The molecule has 0 spiro atoms. The van der Waals surface area contributed by atoms with Crippen LogP contribution in [0.3, 0.4) is 0 Å². The Morgan fingerprint density at radius 2 is 2.04 bits per heavy atom. The first-order chi connectivity index (χ1) is 12.2. The molecule has 0 saturated heterocycles. The number of hydrogen-bond donors (Lipinski definition) is 0. The zero-order valence-electron chi connectivity index (χ0n) is 13.8. The van der Waals surface area contributed by atoms with Crippen molar-refractivity contribution >= 4 is 11.9 Å². The number of carbonyl (C=O) groups is 2. The molecule has 0 bridgehead atoms. The number of esters is 1. The molecule has 0 aliphatic carbocycles. The van der Waals surface area contributed by atoms with Crippen molar-refractivity contribution in [3.05, 3.63) is 53.9 Å². The number of ether oxygens (including phenoxy) is 3. The van der Waals surface area contributed by atoms with E-state index in [4.69, 9.17) is 14.2 Å². The lowest BCUT2D eigenvalue weighted by atomic mass is 10.2. The average molecular weight is 342 g/mol. The van der Waals surface area contributed by atoms with Crippen LogP contribution in [0, 0.1) is 0 Å². The summed E-state index contributed by atoms with van der Waals surface area (Å²) in [7, 11) is 0. The van der Waals surface area contributed by atoms with Crippen LogP contribution in [0.25, 0.3) is 0 Å². The topological polar surface area (TPSA) is 78.0 Å². The smallest absolute Gasteiger partial charge is 0.357 e. The second-order valence-electron chi connectivity index (χ2n) is 5.39. The van der Waals surface area contributed by atoms with Gasteiger partial charge in [-0.2, -0.15) is 0 Å². The fourth-order valence-corrected chi connectivity index (χ4v) is 2.41. The van der Waals surface area contributed by atoms with E-state index in [0.717, 1.165) is 5.56 Å². The summed E-state index contributed by atoms with van der Waals surface area (Å²) in [5.74, 6) is 0.475. The molecule has 7 nitrogen and oxygen atoms in total. The van der Waals surface area contributed by atoms with E-state index in [0.29, 0.717) is 24.6 Å². The molecule has 1 amide bonds. The fraction of sp³-hybridized carbons (Fsp3) is 0.278. The molecule has 1 aliphatic heterocycles. The SMILES string of the molecule is CCN(Cc1ccc2c(c1)OCO2)C(=O)COC(=O)c1ccccn1. The van der Waals surface area contributed by atoms with Crippen molar-refractivity contribution in [2.45, 2.75) is 13.5 Å². The van der Waals surface area contributed by atoms with Crippen molar-refractivity contribution < 1.29 is 23.8 Å². The molecule has 0 radical (unpaired) electrons.